The number of nitrogens with one attached hydrogen (secondary N) is 2. The Balaban J connectivity index is 2.51. The van der Waals surface area contributed by atoms with E-state index < -0.39 is 24.0 Å². The normalized spacial score (nSPS) is 22.8. The first-order valence-electron chi connectivity index (χ1n) is 4.06. The molecule has 0 spiro atoms. The van der Waals surface area contributed by atoms with Gasteiger partial charge in [0.15, 0.2) is 0 Å². The molecule has 0 radical (unpaired) electrons. The molecule has 14 heavy (non-hydrogen) atoms. The van der Waals surface area contributed by atoms with Crippen molar-refractivity contribution in [2.75, 3.05) is 6.54 Å². The molecule has 0 bridgehead atoms. The van der Waals surface area contributed by atoms with Crippen LogP contribution in [0.15, 0.2) is 0 Å². The van der Waals surface area contributed by atoms with Crippen molar-refractivity contribution in [3.63, 3.8) is 0 Å². The second kappa shape index (κ2) is 3.85. The third-order valence-corrected chi connectivity index (χ3v) is 1.85. The van der Waals surface area contributed by atoms with Gasteiger partial charge in [-0.25, -0.2) is 0 Å². The maximum Gasteiger partial charge on any atom is 0.471 e. The smallest absolute Gasteiger partial charge is 0.354 e. The number of rotatable bonds is 1. The van der Waals surface area contributed by atoms with Crippen molar-refractivity contribution in [2.24, 2.45) is 0 Å². The van der Waals surface area contributed by atoms with Crippen LogP contribution < -0.4 is 10.6 Å². The second-order valence-electron chi connectivity index (χ2n) is 2.96. The summed E-state index contributed by atoms with van der Waals surface area (Å²) in [6.07, 6.45) is -4.13. The summed E-state index contributed by atoms with van der Waals surface area (Å²) in [6, 6.07) is -1.06. The number of halogens is 3. The maximum absolute atomic E-state index is 11.8. The maximum atomic E-state index is 11.8. The molecule has 1 heterocycles. The minimum Gasteiger partial charge on any atom is -0.354 e. The highest BCUT2D eigenvalue weighted by molar-refractivity contribution is 5.90. The van der Waals surface area contributed by atoms with Crippen molar-refractivity contribution in [1.29, 1.82) is 0 Å². The highest BCUT2D eigenvalue weighted by Gasteiger charge is 2.41. The number of hydrogen-bond donors (Lipinski definition) is 2. The molecule has 2 N–H and O–H groups in total. The summed E-state index contributed by atoms with van der Waals surface area (Å²) in [5, 5.41) is 4.00. The average molecular weight is 210 g/mol. The molecule has 4 nitrogen and oxygen atoms in total. The van der Waals surface area contributed by atoms with Crippen LogP contribution in [0.1, 0.15) is 12.8 Å². The molecular weight excluding hydrogens is 201 g/mol. The summed E-state index contributed by atoms with van der Waals surface area (Å²) in [5.74, 6) is -2.63. The highest BCUT2D eigenvalue weighted by atomic mass is 19.4. The van der Waals surface area contributed by atoms with E-state index in [2.05, 4.69) is 5.32 Å². The van der Waals surface area contributed by atoms with Gasteiger partial charge in [-0.3, -0.25) is 9.59 Å². The minimum atomic E-state index is -4.93. The molecule has 1 aliphatic rings. The number of amides is 2. The van der Waals surface area contributed by atoms with Gasteiger partial charge < -0.3 is 10.6 Å². The third-order valence-electron chi connectivity index (χ3n) is 1.85. The Morgan fingerprint density at radius 3 is 2.64 bits per heavy atom. The van der Waals surface area contributed by atoms with Crippen LogP contribution in [0.5, 0.6) is 0 Å². The van der Waals surface area contributed by atoms with Crippen LogP contribution in [0.4, 0.5) is 13.2 Å². The predicted octanol–water partition coefficient (Wildman–Crippen LogP) is -0.0565. The fraction of sp³-hybridized carbons (Fsp3) is 0.714. The van der Waals surface area contributed by atoms with Crippen LogP contribution in [-0.2, 0) is 9.59 Å². The first-order chi connectivity index (χ1) is 6.41. The first kappa shape index (κ1) is 10.8. The molecule has 1 rings (SSSR count). The summed E-state index contributed by atoms with van der Waals surface area (Å²) in [5.41, 5.74) is 0. The molecule has 0 saturated carbocycles. The Labute approximate surface area is 77.8 Å². The van der Waals surface area contributed by atoms with Gasteiger partial charge in [0.05, 0.1) is 0 Å². The monoisotopic (exact) mass is 210 g/mol. The lowest BCUT2D eigenvalue weighted by atomic mass is 10.1. The van der Waals surface area contributed by atoms with Crippen LogP contribution >= 0.6 is 0 Å². The lowest BCUT2D eigenvalue weighted by Crippen LogP contribution is -2.53. The number of piperidine rings is 1. The largest absolute Gasteiger partial charge is 0.471 e. The zero-order valence-corrected chi connectivity index (χ0v) is 7.15. The Kier molecular flexibility index (Phi) is 2.97. The van der Waals surface area contributed by atoms with Gasteiger partial charge in [0.25, 0.3) is 0 Å². The summed E-state index contributed by atoms with van der Waals surface area (Å²) in [4.78, 5) is 21.4. The molecular formula is C7H9F3N2O2. The Morgan fingerprint density at radius 2 is 2.14 bits per heavy atom. The minimum absolute atomic E-state index is 0.244. The van der Waals surface area contributed by atoms with Gasteiger partial charge in [0, 0.05) is 6.54 Å². The zero-order chi connectivity index (χ0) is 10.8. The Morgan fingerprint density at radius 1 is 1.50 bits per heavy atom. The predicted molar refractivity (Wildman–Crippen MR) is 40.2 cm³/mol. The van der Waals surface area contributed by atoms with Gasteiger partial charge in [0.1, 0.15) is 6.04 Å². The third kappa shape index (κ3) is 2.61. The van der Waals surface area contributed by atoms with Crippen molar-refractivity contribution in [3.8, 4) is 0 Å². The van der Waals surface area contributed by atoms with Gasteiger partial charge in [-0.2, -0.15) is 13.2 Å². The van der Waals surface area contributed by atoms with E-state index in [-0.39, 0.29) is 6.42 Å². The van der Waals surface area contributed by atoms with Gasteiger partial charge >= 0.3 is 12.1 Å². The molecule has 1 fully saturated rings. The van der Waals surface area contributed by atoms with Gasteiger partial charge in [-0.05, 0) is 12.8 Å². The molecule has 1 unspecified atom stereocenters. The second-order valence-corrected chi connectivity index (χ2v) is 2.96. The van der Waals surface area contributed by atoms with E-state index in [1.807, 2.05) is 0 Å². The standard InChI is InChI=1S/C7H9F3N2O2/c8-7(9,10)6(14)12-4-2-1-3-11-5(4)13/h4H,1-3H2,(H,11,13)(H,12,14). The molecule has 0 aromatic heterocycles. The SMILES string of the molecule is O=C1NCCCC1NC(=O)C(F)(F)F. The lowest BCUT2D eigenvalue weighted by molar-refractivity contribution is -0.175. The van der Waals surface area contributed by atoms with Gasteiger partial charge in [-0.1, -0.05) is 0 Å². The number of alkyl halides is 3. The van der Waals surface area contributed by atoms with Crippen LogP contribution in [0, 0.1) is 0 Å². The Hall–Kier alpha value is -1.27. The molecule has 0 aliphatic carbocycles. The first-order valence-corrected chi connectivity index (χ1v) is 4.06. The average Bonchev–Trinajstić information content (AvgIpc) is 2.07. The molecule has 1 atom stereocenters. The fourth-order valence-electron chi connectivity index (χ4n) is 1.15. The molecule has 80 valence electrons. The van der Waals surface area contributed by atoms with Crippen molar-refractivity contribution >= 4 is 11.8 Å². The quantitative estimate of drug-likeness (QED) is 0.637. The van der Waals surface area contributed by atoms with E-state index in [4.69, 9.17) is 0 Å². The topological polar surface area (TPSA) is 58.2 Å². The molecule has 0 aromatic carbocycles. The van der Waals surface area contributed by atoms with Crippen molar-refractivity contribution in [1.82, 2.24) is 10.6 Å². The zero-order valence-electron chi connectivity index (χ0n) is 7.15. The Bertz CT molecular complexity index is 252. The van der Waals surface area contributed by atoms with Crippen molar-refractivity contribution < 1.29 is 22.8 Å². The van der Waals surface area contributed by atoms with E-state index >= 15 is 0 Å². The van der Waals surface area contributed by atoms with E-state index in [1.54, 1.807) is 5.32 Å². The molecule has 7 heteroatoms. The van der Waals surface area contributed by atoms with E-state index in [9.17, 15) is 22.8 Å². The molecule has 2 amide bonds. The lowest BCUT2D eigenvalue weighted by Gasteiger charge is -2.23. The van der Waals surface area contributed by atoms with Crippen molar-refractivity contribution in [2.45, 2.75) is 25.1 Å². The number of carbonyl (C=O) groups is 2. The summed E-state index contributed by atoms with van der Waals surface area (Å²) in [6.45, 7) is 0.442. The van der Waals surface area contributed by atoms with Gasteiger partial charge in [-0.15, -0.1) is 0 Å². The van der Waals surface area contributed by atoms with Crippen LogP contribution in [-0.4, -0.2) is 30.6 Å². The van der Waals surface area contributed by atoms with Gasteiger partial charge in [0.2, 0.25) is 5.91 Å². The summed E-state index contributed by atoms with van der Waals surface area (Å²) < 4.78 is 35.4. The van der Waals surface area contributed by atoms with Crippen LogP contribution in [0.3, 0.4) is 0 Å². The van der Waals surface area contributed by atoms with Crippen LogP contribution in [0.25, 0.3) is 0 Å². The molecule has 1 aliphatic heterocycles. The summed E-state index contributed by atoms with van der Waals surface area (Å²) in [7, 11) is 0. The number of carbonyl (C=O) groups excluding carboxylic acids is 2. The van der Waals surface area contributed by atoms with E-state index in [0.29, 0.717) is 13.0 Å². The molecule has 1 saturated heterocycles. The van der Waals surface area contributed by atoms with Crippen LogP contribution in [0.2, 0.25) is 0 Å². The number of hydrogen-bond acceptors (Lipinski definition) is 2. The highest BCUT2D eigenvalue weighted by Crippen LogP contribution is 2.15. The van der Waals surface area contributed by atoms with E-state index in [1.165, 1.54) is 0 Å². The molecule has 0 aromatic rings. The fourth-order valence-corrected chi connectivity index (χ4v) is 1.15. The van der Waals surface area contributed by atoms with E-state index in [0.717, 1.165) is 0 Å². The van der Waals surface area contributed by atoms with Crippen molar-refractivity contribution in [3.05, 3.63) is 0 Å². The summed E-state index contributed by atoms with van der Waals surface area (Å²) >= 11 is 0.